The maximum Gasteiger partial charge on any atom is 0.416 e. The molecular formula is C26H20F3N3OS. The number of carbonyl (C=O) groups is 1. The average Bonchev–Trinajstić information content (AvgIpc) is 3.49. The Kier molecular flexibility index (Phi) is 5.45. The third-order valence-electron chi connectivity index (χ3n) is 6.18. The predicted octanol–water partition coefficient (Wildman–Crippen LogP) is 6.88. The number of alkyl halides is 3. The molecule has 0 fully saturated rings. The van der Waals surface area contributed by atoms with Gasteiger partial charge in [-0.1, -0.05) is 6.07 Å². The highest BCUT2D eigenvalue weighted by atomic mass is 32.1. The van der Waals surface area contributed by atoms with E-state index in [-0.39, 0.29) is 11.5 Å². The van der Waals surface area contributed by atoms with Gasteiger partial charge in [-0.15, -0.1) is 11.3 Å². The molecule has 172 valence electrons. The van der Waals surface area contributed by atoms with E-state index in [1.807, 2.05) is 19.1 Å². The third kappa shape index (κ3) is 3.66. The third-order valence-corrected chi connectivity index (χ3v) is 7.24. The number of hydrogen-bond donors (Lipinski definition) is 0. The van der Waals surface area contributed by atoms with Crippen molar-refractivity contribution in [3.05, 3.63) is 93.1 Å². The normalized spacial score (nSPS) is 18.9. The van der Waals surface area contributed by atoms with Crippen LogP contribution in [0.25, 0.3) is 5.82 Å². The maximum atomic E-state index is 13.6. The fraction of sp³-hybridized carbons (Fsp3) is 0.231. The van der Waals surface area contributed by atoms with Crippen LogP contribution in [0.4, 0.5) is 18.9 Å². The topological polar surface area (TPSA) is 49.0 Å². The summed E-state index contributed by atoms with van der Waals surface area (Å²) < 4.78 is 42.5. The Balaban J connectivity index is 1.83. The zero-order valence-corrected chi connectivity index (χ0v) is 19.1. The molecular weight excluding hydrogens is 459 g/mol. The Morgan fingerprint density at radius 2 is 1.85 bits per heavy atom. The summed E-state index contributed by atoms with van der Waals surface area (Å²) in [4.78, 5) is 16.9. The summed E-state index contributed by atoms with van der Waals surface area (Å²) in [5.41, 5.74) is 1.00. The van der Waals surface area contributed by atoms with Crippen molar-refractivity contribution in [1.29, 1.82) is 5.26 Å². The minimum absolute atomic E-state index is 0.0615. The van der Waals surface area contributed by atoms with E-state index in [0.717, 1.165) is 21.9 Å². The monoisotopic (exact) mass is 479 g/mol. The quantitative estimate of drug-likeness (QED) is 0.411. The smallest absolute Gasteiger partial charge is 0.309 e. The standard InChI is InChI=1S/C26H20F3N3OS/c1-16-10-11-22(34-16)23-19(15-30)25(31-12-2-3-13-31)32(20-8-5-9-21(33)24(20)23)18-7-4-6-17(14-18)26(27,28)29/h2-4,6-7,10-14,23H,5,8-9H2,1H3/t23-/m1/s1. The first kappa shape index (κ1) is 22.2. The largest absolute Gasteiger partial charge is 0.416 e. The summed E-state index contributed by atoms with van der Waals surface area (Å²) in [6, 6.07) is 14.9. The highest BCUT2D eigenvalue weighted by Crippen LogP contribution is 2.50. The van der Waals surface area contributed by atoms with E-state index in [1.54, 1.807) is 40.1 Å². The van der Waals surface area contributed by atoms with Crippen molar-refractivity contribution < 1.29 is 18.0 Å². The number of nitrogens with zero attached hydrogens (tertiary/aromatic N) is 3. The highest BCUT2D eigenvalue weighted by Gasteiger charge is 2.42. The first-order valence-electron chi connectivity index (χ1n) is 10.9. The molecule has 2 aliphatic rings. The molecule has 3 heterocycles. The Morgan fingerprint density at radius 1 is 1.09 bits per heavy atom. The second-order valence-corrected chi connectivity index (χ2v) is 9.66. The Hall–Kier alpha value is -3.57. The number of benzene rings is 1. The van der Waals surface area contributed by atoms with Crippen molar-refractivity contribution in [2.75, 3.05) is 4.90 Å². The zero-order chi connectivity index (χ0) is 24.0. The zero-order valence-electron chi connectivity index (χ0n) is 18.3. The van der Waals surface area contributed by atoms with Gasteiger partial charge in [0, 0.05) is 45.5 Å². The van der Waals surface area contributed by atoms with Gasteiger partial charge in [-0.25, -0.2) is 0 Å². The second kappa shape index (κ2) is 8.33. The van der Waals surface area contributed by atoms with Gasteiger partial charge < -0.3 is 4.57 Å². The number of rotatable bonds is 3. The number of halogens is 3. The average molecular weight is 480 g/mol. The van der Waals surface area contributed by atoms with Crippen molar-refractivity contribution in [3.8, 4) is 6.07 Å². The maximum absolute atomic E-state index is 13.6. The number of thiophene rings is 1. The van der Waals surface area contributed by atoms with Crippen LogP contribution in [0.2, 0.25) is 0 Å². The van der Waals surface area contributed by atoms with E-state index in [4.69, 9.17) is 0 Å². The van der Waals surface area contributed by atoms with Gasteiger partial charge in [0.15, 0.2) is 5.78 Å². The molecule has 2 aromatic heterocycles. The molecule has 0 radical (unpaired) electrons. The summed E-state index contributed by atoms with van der Waals surface area (Å²) in [7, 11) is 0. The molecule has 0 spiro atoms. The van der Waals surface area contributed by atoms with E-state index in [1.165, 1.54) is 17.4 Å². The van der Waals surface area contributed by atoms with Crippen molar-refractivity contribution in [2.24, 2.45) is 0 Å². The fourth-order valence-corrected chi connectivity index (χ4v) is 5.76. The number of aromatic nitrogens is 1. The minimum atomic E-state index is -4.52. The lowest BCUT2D eigenvalue weighted by Gasteiger charge is -2.41. The molecule has 0 bridgehead atoms. The van der Waals surface area contributed by atoms with Gasteiger partial charge in [-0.2, -0.15) is 18.4 Å². The summed E-state index contributed by atoms with van der Waals surface area (Å²) in [6.07, 6.45) is 0.498. The van der Waals surface area contributed by atoms with Crippen LogP contribution in [-0.4, -0.2) is 10.4 Å². The molecule has 5 rings (SSSR count). The highest BCUT2D eigenvalue weighted by molar-refractivity contribution is 7.12. The molecule has 3 aromatic rings. The molecule has 1 aliphatic heterocycles. The van der Waals surface area contributed by atoms with E-state index < -0.39 is 17.7 Å². The van der Waals surface area contributed by atoms with Crippen LogP contribution in [0, 0.1) is 18.3 Å². The van der Waals surface area contributed by atoms with Gasteiger partial charge >= 0.3 is 6.18 Å². The van der Waals surface area contributed by atoms with Crippen LogP contribution in [0.5, 0.6) is 0 Å². The Morgan fingerprint density at radius 3 is 2.50 bits per heavy atom. The van der Waals surface area contributed by atoms with Gasteiger partial charge in [0.25, 0.3) is 0 Å². The lowest BCUT2D eigenvalue weighted by Crippen LogP contribution is -2.36. The van der Waals surface area contributed by atoms with E-state index >= 15 is 0 Å². The molecule has 0 amide bonds. The van der Waals surface area contributed by atoms with Crippen LogP contribution < -0.4 is 4.90 Å². The van der Waals surface area contributed by atoms with E-state index in [9.17, 15) is 23.2 Å². The Labute approximate surface area is 198 Å². The van der Waals surface area contributed by atoms with Gasteiger partial charge in [-0.05, 0) is 62.2 Å². The molecule has 34 heavy (non-hydrogen) atoms. The first-order chi connectivity index (χ1) is 16.3. The summed E-state index contributed by atoms with van der Waals surface area (Å²) in [6.45, 7) is 1.96. The second-order valence-electron chi connectivity index (χ2n) is 8.34. The molecule has 1 aliphatic carbocycles. The molecule has 4 nitrogen and oxygen atoms in total. The number of anilines is 1. The fourth-order valence-electron chi connectivity index (χ4n) is 4.77. The number of allylic oxidation sites excluding steroid dienone is 3. The number of ketones is 1. The number of Topliss-reactive ketones (excluding diaryl/α,β-unsaturated/α-hetero) is 1. The van der Waals surface area contributed by atoms with E-state index in [0.29, 0.717) is 41.9 Å². The van der Waals surface area contributed by atoms with Crippen molar-refractivity contribution in [2.45, 2.75) is 38.3 Å². The SMILES string of the molecule is Cc1ccc([C@H]2C(C#N)=C(n3cccc3)N(c3cccc(C(F)(F)F)c3)C3=C2C(=O)CCC3)s1. The van der Waals surface area contributed by atoms with Crippen molar-refractivity contribution >= 4 is 28.6 Å². The number of nitriles is 1. The lowest BCUT2D eigenvalue weighted by atomic mass is 9.78. The minimum Gasteiger partial charge on any atom is -0.309 e. The molecule has 0 saturated carbocycles. The van der Waals surface area contributed by atoms with Crippen molar-refractivity contribution in [1.82, 2.24) is 4.57 Å². The van der Waals surface area contributed by atoms with Crippen LogP contribution in [0.15, 0.2) is 77.8 Å². The van der Waals surface area contributed by atoms with Crippen LogP contribution >= 0.6 is 11.3 Å². The van der Waals surface area contributed by atoms with Gasteiger partial charge in [-0.3, -0.25) is 9.69 Å². The predicted molar refractivity (Wildman–Crippen MR) is 125 cm³/mol. The first-order valence-corrected chi connectivity index (χ1v) is 11.7. The van der Waals surface area contributed by atoms with E-state index in [2.05, 4.69) is 6.07 Å². The van der Waals surface area contributed by atoms with Crippen molar-refractivity contribution in [3.63, 3.8) is 0 Å². The molecule has 1 atom stereocenters. The molecule has 0 saturated heterocycles. The lowest BCUT2D eigenvalue weighted by molar-refractivity contribution is -0.137. The van der Waals surface area contributed by atoms with Crippen LogP contribution in [0.3, 0.4) is 0 Å². The number of hydrogen-bond acceptors (Lipinski definition) is 4. The summed E-state index contributed by atoms with van der Waals surface area (Å²) in [5.74, 6) is -0.157. The van der Waals surface area contributed by atoms with Gasteiger partial charge in [0.2, 0.25) is 0 Å². The van der Waals surface area contributed by atoms with Crippen LogP contribution in [-0.2, 0) is 11.0 Å². The molecule has 0 unspecified atom stereocenters. The summed E-state index contributed by atoms with van der Waals surface area (Å²) >= 11 is 1.53. The molecule has 0 N–H and O–H groups in total. The van der Waals surface area contributed by atoms with Crippen LogP contribution in [0.1, 0.15) is 40.5 Å². The summed E-state index contributed by atoms with van der Waals surface area (Å²) in [5, 5.41) is 10.4. The molecule has 1 aromatic carbocycles. The Bertz CT molecular complexity index is 1370. The number of aryl methyl sites for hydroxylation is 1. The number of carbonyl (C=O) groups excluding carboxylic acids is 1. The van der Waals surface area contributed by atoms with Gasteiger partial charge in [0.1, 0.15) is 5.82 Å². The molecule has 8 heteroatoms. The van der Waals surface area contributed by atoms with Gasteiger partial charge in [0.05, 0.1) is 23.1 Å².